The van der Waals surface area contributed by atoms with Crippen molar-refractivity contribution in [1.29, 1.82) is 5.26 Å². The minimum absolute atomic E-state index is 0.0454. The first-order valence-corrected chi connectivity index (χ1v) is 7.29. The van der Waals surface area contributed by atoms with Crippen LogP contribution in [0.2, 0.25) is 0 Å². The number of hydrogen-bond acceptors (Lipinski definition) is 4. The lowest BCUT2D eigenvalue weighted by molar-refractivity contribution is -0.120. The standard InChI is InChI=1S/C14H19N3OS/c1-10(2)16-14(18)9-17(3)12-6-5-7-13(19-4)11(12)8-15/h5-7,10H,9H2,1-4H3,(H,16,18). The van der Waals surface area contributed by atoms with Crippen LogP contribution in [0.3, 0.4) is 0 Å². The van der Waals surface area contributed by atoms with Gasteiger partial charge < -0.3 is 10.2 Å². The molecular formula is C14H19N3OS. The molecule has 4 nitrogen and oxygen atoms in total. The van der Waals surface area contributed by atoms with Gasteiger partial charge in [-0.25, -0.2) is 0 Å². The third-order valence-electron chi connectivity index (χ3n) is 2.58. The molecule has 1 aromatic carbocycles. The van der Waals surface area contributed by atoms with E-state index < -0.39 is 0 Å². The Morgan fingerprint density at radius 2 is 2.21 bits per heavy atom. The van der Waals surface area contributed by atoms with Crippen LogP contribution in [0, 0.1) is 11.3 Å². The summed E-state index contributed by atoms with van der Waals surface area (Å²) < 4.78 is 0. The minimum atomic E-state index is -0.0454. The molecule has 1 rings (SSSR count). The fourth-order valence-corrected chi connectivity index (χ4v) is 2.36. The van der Waals surface area contributed by atoms with Gasteiger partial charge in [-0.3, -0.25) is 4.79 Å². The van der Waals surface area contributed by atoms with Crippen molar-refractivity contribution >= 4 is 23.4 Å². The van der Waals surface area contributed by atoms with Crippen LogP contribution in [-0.2, 0) is 4.79 Å². The van der Waals surface area contributed by atoms with Gasteiger partial charge >= 0.3 is 0 Å². The van der Waals surface area contributed by atoms with Crippen LogP contribution in [0.15, 0.2) is 23.1 Å². The van der Waals surface area contributed by atoms with Gasteiger partial charge in [-0.15, -0.1) is 11.8 Å². The van der Waals surface area contributed by atoms with Crippen LogP contribution in [-0.4, -0.2) is 31.8 Å². The summed E-state index contributed by atoms with van der Waals surface area (Å²) in [6.07, 6.45) is 1.94. The van der Waals surface area contributed by atoms with Gasteiger partial charge in [0.1, 0.15) is 6.07 Å². The molecule has 0 radical (unpaired) electrons. The summed E-state index contributed by atoms with van der Waals surface area (Å²) in [6.45, 7) is 4.09. The molecule has 0 aromatic heterocycles. The summed E-state index contributed by atoms with van der Waals surface area (Å²) in [5.74, 6) is -0.0454. The van der Waals surface area contributed by atoms with Gasteiger partial charge in [0.2, 0.25) is 5.91 Å². The largest absolute Gasteiger partial charge is 0.364 e. The number of nitrogens with zero attached hydrogens (tertiary/aromatic N) is 2. The number of likely N-dealkylation sites (N-methyl/N-ethyl adjacent to an activating group) is 1. The maximum absolute atomic E-state index is 11.8. The molecule has 0 heterocycles. The number of carbonyl (C=O) groups is 1. The molecule has 1 N–H and O–H groups in total. The lowest BCUT2D eigenvalue weighted by Crippen LogP contribution is -2.38. The molecule has 0 aliphatic rings. The second-order valence-corrected chi connectivity index (χ2v) is 5.39. The summed E-state index contributed by atoms with van der Waals surface area (Å²) in [7, 11) is 1.82. The Morgan fingerprint density at radius 3 is 2.74 bits per heavy atom. The third kappa shape index (κ3) is 4.18. The fourth-order valence-electron chi connectivity index (χ4n) is 1.79. The zero-order chi connectivity index (χ0) is 14.4. The number of nitrogens with one attached hydrogen (secondary N) is 1. The number of amides is 1. The van der Waals surface area contributed by atoms with E-state index in [1.54, 1.807) is 4.90 Å². The van der Waals surface area contributed by atoms with E-state index in [1.807, 2.05) is 45.4 Å². The zero-order valence-electron chi connectivity index (χ0n) is 11.7. The predicted octanol–water partition coefficient (Wildman–Crippen LogP) is 2.24. The summed E-state index contributed by atoms with van der Waals surface area (Å²) in [6, 6.07) is 8.01. The number of rotatable bonds is 5. The quantitative estimate of drug-likeness (QED) is 0.839. The Bertz CT molecular complexity index is 494. The predicted molar refractivity (Wildman–Crippen MR) is 79.5 cm³/mol. The number of hydrogen-bond donors (Lipinski definition) is 1. The van der Waals surface area contributed by atoms with Crippen molar-refractivity contribution < 1.29 is 4.79 Å². The molecule has 0 saturated heterocycles. The van der Waals surface area contributed by atoms with Crippen LogP contribution < -0.4 is 10.2 Å². The first kappa shape index (κ1) is 15.4. The zero-order valence-corrected chi connectivity index (χ0v) is 12.5. The lowest BCUT2D eigenvalue weighted by Gasteiger charge is -2.21. The van der Waals surface area contributed by atoms with Gasteiger partial charge in [0.15, 0.2) is 0 Å². The van der Waals surface area contributed by atoms with Gasteiger partial charge in [0.05, 0.1) is 17.8 Å². The van der Waals surface area contributed by atoms with E-state index in [0.717, 1.165) is 10.6 Å². The molecule has 0 bridgehead atoms. The Hall–Kier alpha value is -1.67. The van der Waals surface area contributed by atoms with Gasteiger partial charge in [-0.2, -0.15) is 5.26 Å². The highest BCUT2D eigenvalue weighted by molar-refractivity contribution is 7.98. The summed E-state index contributed by atoms with van der Waals surface area (Å²) in [5.41, 5.74) is 1.41. The van der Waals surface area contributed by atoms with Crippen LogP contribution in [0.4, 0.5) is 5.69 Å². The van der Waals surface area contributed by atoms with Crippen molar-refractivity contribution in [2.75, 3.05) is 24.7 Å². The second kappa shape index (κ2) is 7.05. The average molecular weight is 277 g/mol. The molecule has 0 unspecified atom stereocenters. The van der Waals surface area contributed by atoms with Gasteiger partial charge in [-0.1, -0.05) is 6.07 Å². The molecule has 0 saturated carbocycles. The van der Waals surface area contributed by atoms with Gasteiger partial charge in [-0.05, 0) is 32.2 Å². The summed E-state index contributed by atoms with van der Waals surface area (Å²) >= 11 is 1.53. The minimum Gasteiger partial charge on any atom is -0.364 e. The Morgan fingerprint density at radius 1 is 1.53 bits per heavy atom. The SMILES string of the molecule is CSc1cccc(N(C)CC(=O)NC(C)C)c1C#N. The van der Waals surface area contributed by atoms with Crippen LogP contribution in [0.25, 0.3) is 0 Å². The summed E-state index contributed by atoms with van der Waals surface area (Å²) in [4.78, 5) is 14.5. The maximum atomic E-state index is 11.8. The molecule has 19 heavy (non-hydrogen) atoms. The first-order valence-electron chi connectivity index (χ1n) is 6.07. The van der Waals surface area contributed by atoms with E-state index in [9.17, 15) is 10.1 Å². The lowest BCUT2D eigenvalue weighted by atomic mass is 10.2. The normalized spacial score (nSPS) is 10.1. The Balaban J connectivity index is 2.91. The molecule has 102 valence electrons. The van der Waals surface area contributed by atoms with Crippen molar-refractivity contribution in [2.45, 2.75) is 24.8 Å². The first-order chi connectivity index (χ1) is 8.99. The maximum Gasteiger partial charge on any atom is 0.239 e. The van der Waals surface area contributed by atoms with Crippen molar-refractivity contribution in [1.82, 2.24) is 5.32 Å². The van der Waals surface area contributed by atoms with Crippen LogP contribution >= 0.6 is 11.8 Å². The second-order valence-electron chi connectivity index (χ2n) is 4.54. The number of benzene rings is 1. The molecule has 1 amide bonds. The third-order valence-corrected chi connectivity index (χ3v) is 3.36. The molecule has 0 aliphatic heterocycles. The molecule has 0 spiro atoms. The van der Waals surface area contributed by atoms with Crippen molar-refractivity contribution in [3.8, 4) is 6.07 Å². The molecule has 1 aromatic rings. The molecular weight excluding hydrogens is 258 g/mol. The highest BCUT2D eigenvalue weighted by Gasteiger charge is 2.14. The monoisotopic (exact) mass is 277 g/mol. The molecule has 0 aliphatic carbocycles. The molecule has 0 fully saturated rings. The van der Waals surface area contributed by atoms with Crippen molar-refractivity contribution in [3.63, 3.8) is 0 Å². The highest BCUT2D eigenvalue weighted by Crippen LogP contribution is 2.28. The average Bonchev–Trinajstić information content (AvgIpc) is 2.36. The fraction of sp³-hybridized carbons (Fsp3) is 0.429. The number of thioether (sulfide) groups is 1. The van der Waals surface area contributed by atoms with E-state index in [4.69, 9.17) is 0 Å². The van der Waals surface area contributed by atoms with E-state index in [-0.39, 0.29) is 18.5 Å². The molecule has 0 atom stereocenters. The Labute approximate surface area is 118 Å². The van der Waals surface area contributed by atoms with Crippen molar-refractivity contribution in [3.05, 3.63) is 23.8 Å². The molecule has 5 heteroatoms. The number of anilines is 1. The van der Waals surface area contributed by atoms with E-state index in [2.05, 4.69) is 11.4 Å². The van der Waals surface area contributed by atoms with E-state index >= 15 is 0 Å². The van der Waals surface area contributed by atoms with E-state index in [1.165, 1.54) is 11.8 Å². The van der Waals surface area contributed by atoms with Crippen molar-refractivity contribution in [2.24, 2.45) is 0 Å². The Kier molecular flexibility index (Phi) is 5.71. The topological polar surface area (TPSA) is 56.1 Å². The van der Waals surface area contributed by atoms with Gasteiger partial charge in [0, 0.05) is 18.0 Å². The number of carbonyl (C=O) groups excluding carboxylic acids is 1. The van der Waals surface area contributed by atoms with Crippen LogP contribution in [0.1, 0.15) is 19.4 Å². The van der Waals surface area contributed by atoms with E-state index in [0.29, 0.717) is 5.56 Å². The van der Waals surface area contributed by atoms with Gasteiger partial charge in [0.25, 0.3) is 0 Å². The smallest absolute Gasteiger partial charge is 0.239 e. The van der Waals surface area contributed by atoms with Crippen LogP contribution in [0.5, 0.6) is 0 Å². The highest BCUT2D eigenvalue weighted by atomic mass is 32.2. The number of nitriles is 1. The summed E-state index contributed by atoms with van der Waals surface area (Å²) in [5, 5.41) is 12.1.